The normalized spacial score (nSPS) is 17.4. The Hall–Kier alpha value is -2.66. The zero-order valence-corrected chi connectivity index (χ0v) is 16.5. The fourth-order valence-electron chi connectivity index (χ4n) is 4.21. The first-order valence-electron chi connectivity index (χ1n) is 9.96. The van der Waals surface area contributed by atoms with E-state index in [-0.39, 0.29) is 5.91 Å². The summed E-state index contributed by atoms with van der Waals surface area (Å²) in [6.07, 6.45) is 5.56. The maximum absolute atomic E-state index is 12.9. The molecule has 2 aromatic heterocycles. The summed E-state index contributed by atoms with van der Waals surface area (Å²) in [5.74, 6) is 0.624. The highest BCUT2D eigenvalue weighted by Gasteiger charge is 2.26. The third kappa shape index (κ3) is 3.31. The summed E-state index contributed by atoms with van der Waals surface area (Å²) in [6, 6.07) is 16.6. The first-order valence-corrected chi connectivity index (χ1v) is 10.8. The number of nitrogens with zero attached hydrogens (tertiary/aromatic N) is 2. The number of likely N-dealkylation sites (tertiary alicyclic amines) is 1. The number of piperidine rings is 1. The Morgan fingerprint density at radius 2 is 2.04 bits per heavy atom. The van der Waals surface area contributed by atoms with Crippen molar-refractivity contribution in [1.82, 2.24) is 14.9 Å². The van der Waals surface area contributed by atoms with Crippen LogP contribution in [0, 0.1) is 0 Å². The fourth-order valence-corrected chi connectivity index (χ4v) is 5.30. The number of amides is 1. The van der Waals surface area contributed by atoms with Crippen molar-refractivity contribution in [2.75, 3.05) is 13.1 Å². The predicted octanol–water partition coefficient (Wildman–Crippen LogP) is 5.12. The van der Waals surface area contributed by atoms with Crippen LogP contribution in [0.2, 0.25) is 0 Å². The van der Waals surface area contributed by atoms with Gasteiger partial charge in [-0.25, -0.2) is 4.98 Å². The van der Waals surface area contributed by atoms with Crippen LogP contribution >= 0.6 is 11.3 Å². The van der Waals surface area contributed by atoms with Crippen LogP contribution in [-0.2, 0) is 11.2 Å². The molecule has 142 valence electrons. The highest BCUT2D eigenvalue weighted by molar-refractivity contribution is 7.18. The van der Waals surface area contributed by atoms with Crippen LogP contribution < -0.4 is 0 Å². The van der Waals surface area contributed by atoms with Gasteiger partial charge in [0.25, 0.3) is 0 Å². The fraction of sp³-hybridized carbons (Fsp3) is 0.304. The molecule has 1 amide bonds. The second-order valence-electron chi connectivity index (χ2n) is 7.56. The topological polar surface area (TPSA) is 49.0 Å². The molecule has 1 aliphatic rings. The van der Waals surface area contributed by atoms with Crippen LogP contribution in [0.3, 0.4) is 0 Å². The molecule has 1 unspecified atom stereocenters. The van der Waals surface area contributed by atoms with Crippen LogP contribution in [0.25, 0.3) is 21.1 Å². The maximum atomic E-state index is 12.9. The molecule has 3 heterocycles. The Balaban J connectivity index is 1.26. The second-order valence-corrected chi connectivity index (χ2v) is 8.62. The maximum Gasteiger partial charge on any atom is 0.222 e. The summed E-state index contributed by atoms with van der Waals surface area (Å²) in [5, 5.41) is 2.40. The molecule has 28 heavy (non-hydrogen) atoms. The number of benzene rings is 2. The number of hydrogen-bond donors (Lipinski definition) is 1. The number of fused-ring (bicyclic) bond motifs is 2. The molecular weight excluding hydrogens is 366 g/mol. The largest absolute Gasteiger partial charge is 0.361 e. The van der Waals surface area contributed by atoms with Crippen molar-refractivity contribution in [2.24, 2.45) is 0 Å². The number of aryl methyl sites for hydroxylation is 1. The Morgan fingerprint density at radius 3 is 2.96 bits per heavy atom. The molecule has 5 heteroatoms. The van der Waals surface area contributed by atoms with Crippen molar-refractivity contribution in [2.45, 2.75) is 31.6 Å². The quantitative estimate of drug-likeness (QED) is 0.527. The van der Waals surface area contributed by atoms with E-state index >= 15 is 0 Å². The second kappa shape index (κ2) is 7.40. The number of carbonyl (C=O) groups excluding carboxylic acids is 1. The van der Waals surface area contributed by atoms with Gasteiger partial charge in [-0.1, -0.05) is 30.3 Å². The number of nitrogens with one attached hydrogen (secondary N) is 1. The van der Waals surface area contributed by atoms with Gasteiger partial charge in [-0.15, -0.1) is 11.3 Å². The molecule has 4 nitrogen and oxygen atoms in total. The molecule has 0 bridgehead atoms. The molecule has 5 rings (SSSR count). The lowest BCUT2D eigenvalue weighted by molar-refractivity contribution is -0.132. The highest BCUT2D eigenvalue weighted by atomic mass is 32.1. The van der Waals surface area contributed by atoms with Gasteiger partial charge < -0.3 is 9.88 Å². The van der Waals surface area contributed by atoms with Crippen LogP contribution in [0.15, 0.2) is 54.7 Å². The standard InChI is InChI=1S/C23H23N3OS/c27-22(12-11-16-14-24-19-8-2-1-7-18(16)19)26-13-5-6-17(15-26)23-25-20-9-3-4-10-21(20)28-23/h1-4,7-10,14,17,24H,5-6,11-13,15H2. The van der Waals surface area contributed by atoms with Crippen molar-refractivity contribution < 1.29 is 4.79 Å². The van der Waals surface area contributed by atoms with Gasteiger partial charge in [-0.2, -0.15) is 0 Å². The number of H-pyrrole nitrogens is 1. The van der Waals surface area contributed by atoms with Gasteiger partial charge in [0.15, 0.2) is 0 Å². The monoisotopic (exact) mass is 389 g/mol. The minimum atomic E-state index is 0.260. The molecule has 1 saturated heterocycles. The molecule has 2 aromatic carbocycles. The molecule has 0 spiro atoms. The molecule has 0 aliphatic carbocycles. The van der Waals surface area contributed by atoms with Gasteiger partial charge in [0.1, 0.15) is 0 Å². The molecule has 1 atom stereocenters. The summed E-state index contributed by atoms with van der Waals surface area (Å²) in [5.41, 5.74) is 3.44. The number of aromatic amines is 1. The number of para-hydroxylation sites is 2. The third-order valence-electron chi connectivity index (χ3n) is 5.72. The zero-order chi connectivity index (χ0) is 18.9. The van der Waals surface area contributed by atoms with E-state index in [9.17, 15) is 4.79 Å². The van der Waals surface area contributed by atoms with Crippen molar-refractivity contribution in [3.8, 4) is 0 Å². The lowest BCUT2D eigenvalue weighted by Crippen LogP contribution is -2.39. The first-order chi connectivity index (χ1) is 13.8. The summed E-state index contributed by atoms with van der Waals surface area (Å²) in [4.78, 5) is 23.1. The lowest BCUT2D eigenvalue weighted by Gasteiger charge is -2.32. The minimum Gasteiger partial charge on any atom is -0.361 e. The molecule has 4 aromatic rings. The van der Waals surface area contributed by atoms with E-state index in [1.807, 2.05) is 18.3 Å². The molecule has 1 N–H and O–H groups in total. The Morgan fingerprint density at radius 1 is 1.18 bits per heavy atom. The molecule has 0 radical (unpaired) electrons. The number of rotatable bonds is 4. The van der Waals surface area contributed by atoms with E-state index in [1.165, 1.54) is 20.7 Å². The number of hydrogen-bond acceptors (Lipinski definition) is 3. The number of aromatic nitrogens is 2. The minimum absolute atomic E-state index is 0.260. The van der Waals surface area contributed by atoms with Gasteiger partial charge in [0.2, 0.25) is 5.91 Å². The summed E-state index contributed by atoms with van der Waals surface area (Å²) < 4.78 is 1.24. The zero-order valence-electron chi connectivity index (χ0n) is 15.7. The van der Waals surface area contributed by atoms with E-state index in [1.54, 1.807) is 11.3 Å². The van der Waals surface area contributed by atoms with E-state index in [4.69, 9.17) is 4.98 Å². The number of carbonyl (C=O) groups is 1. The van der Waals surface area contributed by atoms with E-state index < -0.39 is 0 Å². The van der Waals surface area contributed by atoms with E-state index in [0.717, 1.165) is 43.4 Å². The summed E-state index contributed by atoms with van der Waals surface area (Å²) >= 11 is 1.78. The predicted molar refractivity (Wildman–Crippen MR) is 115 cm³/mol. The van der Waals surface area contributed by atoms with Gasteiger partial charge >= 0.3 is 0 Å². The van der Waals surface area contributed by atoms with Crippen LogP contribution in [0.4, 0.5) is 0 Å². The van der Waals surface area contributed by atoms with Crippen molar-refractivity contribution in [3.05, 3.63) is 65.3 Å². The summed E-state index contributed by atoms with van der Waals surface area (Å²) in [6.45, 7) is 1.67. The van der Waals surface area contributed by atoms with E-state index in [0.29, 0.717) is 12.3 Å². The van der Waals surface area contributed by atoms with Gasteiger partial charge in [0.05, 0.1) is 15.2 Å². The number of thiazole rings is 1. The highest BCUT2D eigenvalue weighted by Crippen LogP contribution is 2.33. The molecular formula is C23H23N3OS. The SMILES string of the molecule is O=C(CCc1c[nH]c2ccccc12)N1CCCC(c2nc3ccccc3s2)C1. The van der Waals surface area contributed by atoms with Crippen LogP contribution in [0.5, 0.6) is 0 Å². The van der Waals surface area contributed by atoms with Crippen LogP contribution in [-0.4, -0.2) is 33.9 Å². The van der Waals surface area contributed by atoms with Gasteiger partial charge in [-0.05, 0) is 43.0 Å². The lowest BCUT2D eigenvalue weighted by atomic mass is 9.98. The van der Waals surface area contributed by atoms with Crippen molar-refractivity contribution in [1.29, 1.82) is 0 Å². The summed E-state index contributed by atoms with van der Waals surface area (Å²) in [7, 11) is 0. The van der Waals surface area contributed by atoms with E-state index in [2.05, 4.69) is 46.3 Å². The first kappa shape index (κ1) is 17.4. The Kier molecular flexibility index (Phi) is 4.61. The average molecular weight is 390 g/mol. The van der Waals surface area contributed by atoms with Crippen LogP contribution in [0.1, 0.15) is 35.8 Å². The van der Waals surface area contributed by atoms with Gasteiger partial charge in [0, 0.05) is 42.5 Å². The smallest absolute Gasteiger partial charge is 0.222 e. The third-order valence-corrected chi connectivity index (χ3v) is 6.92. The Bertz CT molecular complexity index is 1100. The molecule has 0 saturated carbocycles. The van der Waals surface area contributed by atoms with Gasteiger partial charge in [-0.3, -0.25) is 4.79 Å². The Labute approximate surface area is 168 Å². The molecule has 1 fully saturated rings. The molecule has 1 aliphatic heterocycles. The van der Waals surface area contributed by atoms with Crippen molar-refractivity contribution >= 4 is 38.4 Å². The van der Waals surface area contributed by atoms with Crippen molar-refractivity contribution in [3.63, 3.8) is 0 Å². The average Bonchev–Trinajstić information content (AvgIpc) is 3.36.